The first kappa shape index (κ1) is 15.4. The first-order chi connectivity index (χ1) is 9.60. The monoisotopic (exact) mass is 343 g/mol. The molecule has 0 aromatic heterocycles. The van der Waals surface area contributed by atoms with Gasteiger partial charge >= 0.3 is 5.97 Å². The zero-order chi connectivity index (χ0) is 14.5. The van der Waals surface area contributed by atoms with Gasteiger partial charge in [0.1, 0.15) is 5.82 Å². The zero-order valence-corrected chi connectivity index (χ0v) is 13.2. The highest BCUT2D eigenvalue weighted by atomic mass is 79.9. The Morgan fingerprint density at radius 2 is 2.35 bits per heavy atom. The van der Waals surface area contributed by atoms with Crippen LogP contribution in [0.1, 0.15) is 25.3 Å². The van der Waals surface area contributed by atoms with E-state index in [4.69, 9.17) is 4.74 Å². The lowest BCUT2D eigenvalue weighted by molar-refractivity contribution is -0.150. The van der Waals surface area contributed by atoms with Crippen LogP contribution < -0.4 is 0 Å². The van der Waals surface area contributed by atoms with Gasteiger partial charge < -0.3 is 4.74 Å². The van der Waals surface area contributed by atoms with Gasteiger partial charge in [0.15, 0.2) is 0 Å². The largest absolute Gasteiger partial charge is 0.466 e. The molecular weight excluding hydrogens is 325 g/mol. The first-order valence-corrected chi connectivity index (χ1v) is 7.72. The molecule has 1 aliphatic heterocycles. The molecule has 0 bridgehead atoms. The molecule has 0 amide bonds. The quantitative estimate of drug-likeness (QED) is 0.785. The van der Waals surface area contributed by atoms with Crippen molar-refractivity contribution in [1.29, 1.82) is 0 Å². The van der Waals surface area contributed by atoms with Gasteiger partial charge in [-0.1, -0.05) is 22.0 Å². The molecule has 0 N–H and O–H groups in total. The molecule has 20 heavy (non-hydrogen) atoms. The summed E-state index contributed by atoms with van der Waals surface area (Å²) in [4.78, 5) is 14.0. The summed E-state index contributed by atoms with van der Waals surface area (Å²) < 4.78 is 18.9. The Hall–Kier alpha value is -0.940. The maximum Gasteiger partial charge on any atom is 0.310 e. The number of carbonyl (C=O) groups excluding carboxylic acids is 1. The molecule has 1 fully saturated rings. The van der Waals surface area contributed by atoms with Crippen LogP contribution in [0, 0.1) is 11.7 Å². The molecule has 2 rings (SSSR count). The lowest BCUT2D eigenvalue weighted by atomic mass is 9.98. The summed E-state index contributed by atoms with van der Waals surface area (Å²) in [6.07, 6.45) is 1.88. The van der Waals surface area contributed by atoms with E-state index in [1.165, 1.54) is 12.1 Å². The van der Waals surface area contributed by atoms with Gasteiger partial charge in [-0.2, -0.15) is 0 Å². The summed E-state index contributed by atoms with van der Waals surface area (Å²) in [6, 6.07) is 4.72. The number of benzene rings is 1. The van der Waals surface area contributed by atoms with Crippen molar-refractivity contribution in [2.75, 3.05) is 19.7 Å². The molecule has 0 aliphatic carbocycles. The van der Waals surface area contributed by atoms with Gasteiger partial charge in [-0.15, -0.1) is 0 Å². The minimum atomic E-state index is -0.247. The van der Waals surface area contributed by atoms with E-state index in [2.05, 4.69) is 20.8 Å². The van der Waals surface area contributed by atoms with Crippen LogP contribution in [0.25, 0.3) is 0 Å². The molecule has 1 aromatic carbocycles. The van der Waals surface area contributed by atoms with Gasteiger partial charge in [-0.3, -0.25) is 9.69 Å². The molecule has 1 aliphatic rings. The van der Waals surface area contributed by atoms with Gasteiger partial charge in [0.05, 0.1) is 12.5 Å². The van der Waals surface area contributed by atoms with Crippen molar-refractivity contribution in [2.24, 2.45) is 5.92 Å². The van der Waals surface area contributed by atoms with Crippen LogP contribution in [-0.4, -0.2) is 30.6 Å². The summed E-state index contributed by atoms with van der Waals surface area (Å²) in [7, 11) is 0. The second-order valence-corrected chi connectivity index (χ2v) is 5.92. The van der Waals surface area contributed by atoms with Gasteiger partial charge in [-0.25, -0.2) is 4.39 Å². The van der Waals surface area contributed by atoms with Gasteiger partial charge in [-0.05, 0) is 44.0 Å². The van der Waals surface area contributed by atoms with Crippen LogP contribution in [-0.2, 0) is 16.1 Å². The predicted molar refractivity (Wildman–Crippen MR) is 78.7 cm³/mol. The van der Waals surface area contributed by atoms with Crippen molar-refractivity contribution in [3.8, 4) is 0 Å². The van der Waals surface area contributed by atoms with E-state index >= 15 is 0 Å². The smallest absolute Gasteiger partial charge is 0.310 e. The molecule has 0 spiro atoms. The standard InChI is InChI=1S/C15H19BrFNO2/c1-2-20-15(19)12-4-3-7-18(10-12)9-11-5-6-13(17)8-14(11)16/h5-6,8,12H,2-4,7,9-10H2,1H3/t12-/m0/s1. The molecule has 0 unspecified atom stereocenters. The Labute approximate surface area is 127 Å². The summed E-state index contributed by atoms with van der Waals surface area (Å²) in [5.41, 5.74) is 1.04. The van der Waals surface area contributed by atoms with E-state index in [1.54, 1.807) is 6.07 Å². The predicted octanol–water partition coefficient (Wildman–Crippen LogP) is 3.36. The SMILES string of the molecule is CCOC(=O)[C@H]1CCCN(Cc2ccc(F)cc2Br)C1. The molecule has 3 nitrogen and oxygen atoms in total. The first-order valence-electron chi connectivity index (χ1n) is 6.93. The summed E-state index contributed by atoms with van der Waals surface area (Å²) >= 11 is 3.38. The van der Waals surface area contributed by atoms with Crippen LogP contribution in [0.3, 0.4) is 0 Å². The molecule has 0 radical (unpaired) electrons. The van der Waals surface area contributed by atoms with Crippen molar-refractivity contribution in [3.05, 3.63) is 34.1 Å². The number of piperidine rings is 1. The van der Waals surface area contributed by atoms with E-state index in [0.717, 1.165) is 36.0 Å². The Morgan fingerprint density at radius 3 is 3.05 bits per heavy atom. The van der Waals surface area contributed by atoms with Crippen molar-refractivity contribution < 1.29 is 13.9 Å². The fourth-order valence-corrected chi connectivity index (χ4v) is 3.02. The third-order valence-electron chi connectivity index (χ3n) is 3.53. The average molecular weight is 344 g/mol. The third-order valence-corrected chi connectivity index (χ3v) is 4.27. The number of hydrogen-bond acceptors (Lipinski definition) is 3. The number of ether oxygens (including phenoxy) is 1. The fourth-order valence-electron chi connectivity index (χ4n) is 2.54. The average Bonchev–Trinajstić information content (AvgIpc) is 2.43. The molecule has 110 valence electrons. The number of rotatable bonds is 4. The van der Waals surface area contributed by atoms with E-state index < -0.39 is 0 Å². The second-order valence-electron chi connectivity index (χ2n) is 5.06. The Bertz CT molecular complexity index is 481. The number of nitrogens with zero attached hydrogens (tertiary/aromatic N) is 1. The van der Waals surface area contributed by atoms with Gasteiger partial charge in [0.2, 0.25) is 0 Å². The van der Waals surface area contributed by atoms with Crippen molar-refractivity contribution >= 4 is 21.9 Å². The highest BCUT2D eigenvalue weighted by Gasteiger charge is 2.26. The summed E-state index contributed by atoms with van der Waals surface area (Å²) in [5, 5.41) is 0. The Kier molecular flexibility index (Phi) is 5.54. The van der Waals surface area contributed by atoms with E-state index in [0.29, 0.717) is 13.2 Å². The highest BCUT2D eigenvalue weighted by Crippen LogP contribution is 2.23. The molecule has 1 saturated heterocycles. The zero-order valence-electron chi connectivity index (χ0n) is 11.6. The van der Waals surface area contributed by atoms with Gasteiger partial charge in [0.25, 0.3) is 0 Å². The molecular formula is C15H19BrFNO2. The number of hydrogen-bond donors (Lipinski definition) is 0. The van der Waals surface area contributed by atoms with E-state index in [-0.39, 0.29) is 17.7 Å². The van der Waals surface area contributed by atoms with Crippen LogP contribution in [0.5, 0.6) is 0 Å². The number of likely N-dealkylation sites (tertiary alicyclic amines) is 1. The molecule has 1 atom stereocenters. The van der Waals surface area contributed by atoms with Gasteiger partial charge in [0, 0.05) is 17.6 Å². The minimum Gasteiger partial charge on any atom is -0.466 e. The van der Waals surface area contributed by atoms with Crippen LogP contribution in [0.2, 0.25) is 0 Å². The van der Waals surface area contributed by atoms with Crippen molar-refractivity contribution in [3.63, 3.8) is 0 Å². The fraction of sp³-hybridized carbons (Fsp3) is 0.533. The highest BCUT2D eigenvalue weighted by molar-refractivity contribution is 9.10. The molecule has 5 heteroatoms. The summed E-state index contributed by atoms with van der Waals surface area (Å²) in [6.45, 7) is 4.64. The van der Waals surface area contributed by atoms with E-state index in [9.17, 15) is 9.18 Å². The molecule has 1 aromatic rings. The van der Waals surface area contributed by atoms with Crippen molar-refractivity contribution in [1.82, 2.24) is 4.90 Å². The lowest BCUT2D eigenvalue weighted by Gasteiger charge is -2.31. The Morgan fingerprint density at radius 1 is 1.55 bits per heavy atom. The normalized spacial score (nSPS) is 19.9. The van der Waals surface area contributed by atoms with Crippen molar-refractivity contribution in [2.45, 2.75) is 26.3 Å². The molecule has 1 heterocycles. The van der Waals surface area contributed by atoms with Crippen LogP contribution in [0.15, 0.2) is 22.7 Å². The lowest BCUT2D eigenvalue weighted by Crippen LogP contribution is -2.39. The second kappa shape index (κ2) is 7.18. The summed E-state index contributed by atoms with van der Waals surface area (Å²) in [5.74, 6) is -0.387. The number of carbonyl (C=O) groups is 1. The third kappa shape index (κ3) is 4.03. The topological polar surface area (TPSA) is 29.5 Å². The molecule has 0 saturated carbocycles. The maximum atomic E-state index is 13.1. The van der Waals surface area contributed by atoms with Crippen LogP contribution in [0.4, 0.5) is 4.39 Å². The minimum absolute atomic E-state index is 0.0390. The Balaban J connectivity index is 1.97. The number of halogens is 2. The van der Waals surface area contributed by atoms with Crippen LogP contribution >= 0.6 is 15.9 Å². The van der Waals surface area contributed by atoms with E-state index in [1.807, 2.05) is 6.92 Å². The number of esters is 1. The maximum absolute atomic E-state index is 13.1.